The summed E-state index contributed by atoms with van der Waals surface area (Å²) in [6, 6.07) is 9.86. The van der Waals surface area contributed by atoms with Crippen molar-refractivity contribution in [2.45, 2.75) is 20.5 Å². The summed E-state index contributed by atoms with van der Waals surface area (Å²) in [5.41, 5.74) is 2.54. The lowest BCUT2D eigenvalue weighted by Crippen LogP contribution is -1.99. The van der Waals surface area contributed by atoms with Gasteiger partial charge in [-0.3, -0.25) is 0 Å². The van der Waals surface area contributed by atoms with Gasteiger partial charge in [-0.1, -0.05) is 17.7 Å². The second kappa shape index (κ2) is 5.94. The monoisotopic (exact) mass is 289 g/mol. The van der Waals surface area contributed by atoms with Crippen molar-refractivity contribution in [3.63, 3.8) is 0 Å². The Kier molecular flexibility index (Phi) is 4.26. The minimum absolute atomic E-state index is 0.109. The molecule has 0 heterocycles. The molecule has 0 saturated heterocycles. The fourth-order valence-corrected chi connectivity index (χ4v) is 1.99. The average molecular weight is 290 g/mol. The lowest BCUT2D eigenvalue weighted by atomic mass is 10.1. The largest absolute Gasteiger partial charge is 0.489 e. The van der Waals surface area contributed by atoms with Crippen LogP contribution in [0.15, 0.2) is 30.3 Å². The Balaban J connectivity index is 2.15. The molecule has 0 aliphatic carbocycles. The summed E-state index contributed by atoms with van der Waals surface area (Å²) >= 11 is 6.08. The molecule has 0 spiro atoms. The number of nitrogens with zero attached hydrogens (tertiary/aromatic N) is 1. The van der Waals surface area contributed by atoms with E-state index in [9.17, 15) is 4.39 Å². The summed E-state index contributed by atoms with van der Waals surface area (Å²) < 4.78 is 19.3. The number of benzene rings is 2. The fourth-order valence-electron chi connectivity index (χ4n) is 1.88. The van der Waals surface area contributed by atoms with Gasteiger partial charge in [0.15, 0.2) is 0 Å². The lowest BCUT2D eigenvalue weighted by Gasteiger charge is -2.10. The smallest absolute Gasteiger partial charge is 0.131 e. The molecule has 0 unspecified atom stereocenters. The summed E-state index contributed by atoms with van der Waals surface area (Å²) in [6.07, 6.45) is 0. The molecule has 0 bridgehead atoms. The van der Waals surface area contributed by atoms with Gasteiger partial charge in [0.2, 0.25) is 0 Å². The van der Waals surface area contributed by atoms with E-state index in [1.54, 1.807) is 12.1 Å². The molecule has 0 aliphatic heterocycles. The van der Waals surface area contributed by atoms with Crippen molar-refractivity contribution in [1.82, 2.24) is 0 Å². The van der Waals surface area contributed by atoms with Crippen molar-refractivity contribution >= 4 is 11.6 Å². The van der Waals surface area contributed by atoms with Crippen LogP contribution in [0.2, 0.25) is 5.02 Å². The van der Waals surface area contributed by atoms with E-state index in [1.807, 2.05) is 32.0 Å². The molecule has 2 rings (SSSR count). The van der Waals surface area contributed by atoms with Crippen LogP contribution in [-0.2, 0) is 6.61 Å². The van der Waals surface area contributed by atoms with E-state index in [2.05, 4.69) is 0 Å². The normalized spacial score (nSPS) is 10.2. The van der Waals surface area contributed by atoms with Gasteiger partial charge in [0.05, 0.1) is 11.6 Å². The van der Waals surface area contributed by atoms with Crippen LogP contribution in [0.4, 0.5) is 4.39 Å². The van der Waals surface area contributed by atoms with Crippen LogP contribution in [0.25, 0.3) is 0 Å². The van der Waals surface area contributed by atoms with E-state index in [4.69, 9.17) is 21.6 Å². The molecule has 102 valence electrons. The molecule has 0 atom stereocenters. The van der Waals surface area contributed by atoms with Crippen molar-refractivity contribution in [2.24, 2.45) is 0 Å². The average Bonchev–Trinajstić information content (AvgIpc) is 2.43. The number of hydrogen-bond acceptors (Lipinski definition) is 2. The third-order valence-corrected chi connectivity index (χ3v) is 3.58. The van der Waals surface area contributed by atoms with Crippen molar-refractivity contribution < 1.29 is 9.13 Å². The number of aryl methyl sites for hydroxylation is 2. The van der Waals surface area contributed by atoms with Gasteiger partial charge in [-0.15, -0.1) is 0 Å². The van der Waals surface area contributed by atoms with Gasteiger partial charge >= 0.3 is 0 Å². The third-order valence-electron chi connectivity index (χ3n) is 2.99. The van der Waals surface area contributed by atoms with E-state index in [0.717, 1.165) is 11.1 Å². The molecule has 0 saturated carbocycles. The van der Waals surface area contributed by atoms with Crippen LogP contribution < -0.4 is 4.74 Å². The molecule has 0 aliphatic rings. The molecule has 0 amide bonds. The van der Waals surface area contributed by atoms with Crippen molar-refractivity contribution in [2.75, 3.05) is 0 Å². The van der Waals surface area contributed by atoms with Gasteiger partial charge in [0.1, 0.15) is 18.2 Å². The maximum Gasteiger partial charge on any atom is 0.131 e. The Morgan fingerprint density at radius 1 is 1.20 bits per heavy atom. The van der Waals surface area contributed by atoms with Crippen LogP contribution in [0.3, 0.4) is 0 Å². The second-order valence-corrected chi connectivity index (χ2v) is 4.96. The molecule has 0 aromatic heterocycles. The summed E-state index contributed by atoms with van der Waals surface area (Å²) in [5.74, 6) is 0.208. The maximum atomic E-state index is 13.7. The van der Waals surface area contributed by atoms with E-state index in [1.165, 1.54) is 6.07 Å². The molecular weight excluding hydrogens is 277 g/mol. The number of rotatable bonds is 3. The number of nitriles is 1. The topological polar surface area (TPSA) is 33.0 Å². The van der Waals surface area contributed by atoms with E-state index in [-0.39, 0.29) is 6.61 Å². The van der Waals surface area contributed by atoms with Gasteiger partial charge in [-0.05, 0) is 49.2 Å². The van der Waals surface area contributed by atoms with Gasteiger partial charge in [-0.25, -0.2) is 4.39 Å². The van der Waals surface area contributed by atoms with E-state index < -0.39 is 5.82 Å². The zero-order chi connectivity index (χ0) is 14.7. The molecule has 0 fully saturated rings. The highest BCUT2D eigenvalue weighted by atomic mass is 35.5. The molecule has 2 aromatic carbocycles. The number of halogens is 2. The van der Waals surface area contributed by atoms with Gasteiger partial charge in [0, 0.05) is 10.6 Å². The quantitative estimate of drug-likeness (QED) is 0.830. The van der Waals surface area contributed by atoms with Crippen LogP contribution in [-0.4, -0.2) is 0 Å². The van der Waals surface area contributed by atoms with Gasteiger partial charge in [-0.2, -0.15) is 5.26 Å². The van der Waals surface area contributed by atoms with Crippen molar-refractivity contribution in [1.29, 1.82) is 5.26 Å². The summed E-state index contributed by atoms with van der Waals surface area (Å²) in [7, 11) is 0. The molecular formula is C16H13ClFNO. The highest BCUT2D eigenvalue weighted by molar-refractivity contribution is 6.32. The summed E-state index contributed by atoms with van der Waals surface area (Å²) in [6.45, 7) is 3.90. The molecule has 4 heteroatoms. The van der Waals surface area contributed by atoms with Crippen LogP contribution >= 0.6 is 11.6 Å². The number of hydrogen-bond donors (Lipinski definition) is 0. The van der Waals surface area contributed by atoms with Crippen molar-refractivity contribution in [3.8, 4) is 11.8 Å². The zero-order valence-electron chi connectivity index (χ0n) is 11.2. The Morgan fingerprint density at radius 3 is 2.40 bits per heavy atom. The van der Waals surface area contributed by atoms with Gasteiger partial charge < -0.3 is 4.74 Å². The second-order valence-electron chi connectivity index (χ2n) is 4.58. The molecule has 2 aromatic rings. The standard InChI is InChI=1S/C16H13ClFNO/c1-10-5-14(6-11(2)16(10)17)20-9-13-4-3-12(8-19)7-15(13)18/h3-7H,9H2,1-2H3. The molecule has 0 radical (unpaired) electrons. The Morgan fingerprint density at radius 2 is 1.85 bits per heavy atom. The lowest BCUT2D eigenvalue weighted by molar-refractivity contribution is 0.299. The summed E-state index contributed by atoms with van der Waals surface area (Å²) in [5, 5.41) is 9.40. The highest BCUT2D eigenvalue weighted by Crippen LogP contribution is 2.26. The third kappa shape index (κ3) is 3.09. The minimum Gasteiger partial charge on any atom is -0.489 e. The first kappa shape index (κ1) is 14.4. The van der Waals surface area contributed by atoms with E-state index in [0.29, 0.717) is 21.9 Å². The van der Waals surface area contributed by atoms with Crippen molar-refractivity contribution in [3.05, 3.63) is 63.4 Å². The molecule has 20 heavy (non-hydrogen) atoms. The Bertz CT molecular complexity index is 668. The number of ether oxygens (including phenoxy) is 1. The van der Waals surface area contributed by atoms with Crippen LogP contribution in [0.1, 0.15) is 22.3 Å². The highest BCUT2D eigenvalue weighted by Gasteiger charge is 2.07. The van der Waals surface area contributed by atoms with E-state index >= 15 is 0 Å². The summed E-state index contributed by atoms with van der Waals surface area (Å²) in [4.78, 5) is 0. The zero-order valence-corrected chi connectivity index (χ0v) is 12.0. The first-order valence-corrected chi connectivity index (χ1v) is 6.47. The Labute approximate surface area is 122 Å². The van der Waals surface area contributed by atoms with Crippen LogP contribution in [0.5, 0.6) is 5.75 Å². The maximum absolute atomic E-state index is 13.7. The predicted molar refractivity (Wildman–Crippen MR) is 76.4 cm³/mol. The Hall–Kier alpha value is -2.05. The van der Waals surface area contributed by atoms with Gasteiger partial charge in [0.25, 0.3) is 0 Å². The van der Waals surface area contributed by atoms with Crippen LogP contribution in [0, 0.1) is 31.0 Å². The SMILES string of the molecule is Cc1cc(OCc2ccc(C#N)cc2F)cc(C)c1Cl. The first-order chi connectivity index (χ1) is 9.51. The molecule has 2 nitrogen and oxygen atoms in total. The minimum atomic E-state index is -0.438. The fraction of sp³-hybridized carbons (Fsp3) is 0.188. The molecule has 0 N–H and O–H groups in total. The predicted octanol–water partition coefficient (Wildman–Crippen LogP) is 4.55. The first-order valence-electron chi connectivity index (χ1n) is 6.09.